The minimum Gasteiger partial charge on any atom is -0.493 e. The number of hydrogen-bond donors (Lipinski definition) is 2. The van der Waals surface area contributed by atoms with E-state index in [2.05, 4.69) is 20.8 Å². The number of ether oxygens (including phenoxy) is 2. The molecule has 2 aromatic heterocycles. The molecule has 1 aliphatic carbocycles. The van der Waals surface area contributed by atoms with Crippen molar-refractivity contribution < 1.29 is 14.3 Å². The van der Waals surface area contributed by atoms with Crippen LogP contribution in [0.25, 0.3) is 22.0 Å². The van der Waals surface area contributed by atoms with Crippen molar-refractivity contribution in [3.8, 4) is 22.8 Å². The molecule has 7 nitrogen and oxygen atoms in total. The van der Waals surface area contributed by atoms with Crippen LogP contribution in [0.15, 0.2) is 48.8 Å². The number of nitrogens with two attached hydrogens (primary N) is 1. The van der Waals surface area contributed by atoms with Crippen LogP contribution >= 0.6 is 11.6 Å². The molecule has 1 unspecified atom stereocenters. The predicted octanol–water partition coefficient (Wildman–Crippen LogP) is 4.62. The van der Waals surface area contributed by atoms with E-state index in [0.717, 1.165) is 46.2 Å². The number of nitrogens with zero attached hydrogens (tertiary/aromatic N) is 2. The van der Waals surface area contributed by atoms with Crippen LogP contribution in [0.3, 0.4) is 0 Å². The number of benzene rings is 2. The van der Waals surface area contributed by atoms with Crippen LogP contribution in [-0.4, -0.2) is 39.8 Å². The summed E-state index contributed by atoms with van der Waals surface area (Å²) in [5.41, 5.74) is 10.7. The highest BCUT2D eigenvalue weighted by Gasteiger charge is 2.39. The number of halogens is 1. The van der Waals surface area contributed by atoms with Crippen LogP contribution in [0.1, 0.15) is 28.8 Å². The molecule has 3 heterocycles. The third kappa shape index (κ3) is 3.65. The molecule has 174 valence electrons. The molecule has 8 heteroatoms. The number of rotatable bonds is 6. The van der Waals surface area contributed by atoms with Gasteiger partial charge in [-0.3, -0.25) is 4.79 Å². The first-order chi connectivity index (χ1) is 16.4. The Balaban J connectivity index is 1.40. The molecule has 0 radical (unpaired) electrons. The van der Waals surface area contributed by atoms with Gasteiger partial charge in [-0.25, -0.2) is 5.10 Å². The molecule has 1 atom stereocenters. The first kappa shape index (κ1) is 21.3. The Morgan fingerprint density at radius 3 is 2.97 bits per heavy atom. The normalized spacial score (nSPS) is 18.4. The van der Waals surface area contributed by atoms with Gasteiger partial charge in [0.15, 0.2) is 5.78 Å². The highest BCUT2D eigenvalue weighted by Crippen LogP contribution is 2.38. The highest BCUT2D eigenvalue weighted by molar-refractivity contribution is 6.30. The average Bonchev–Trinajstić information content (AvgIpc) is 3.24. The molecule has 1 aliphatic heterocycles. The zero-order valence-corrected chi connectivity index (χ0v) is 19.6. The van der Waals surface area contributed by atoms with Gasteiger partial charge >= 0.3 is 0 Å². The summed E-state index contributed by atoms with van der Waals surface area (Å²) in [5.74, 6) is 1.20. The number of carbonyl (C=O) groups excluding carboxylic acids is 1. The van der Waals surface area contributed by atoms with Crippen molar-refractivity contribution in [3.05, 3.63) is 64.9 Å². The van der Waals surface area contributed by atoms with Crippen LogP contribution in [0.4, 0.5) is 0 Å². The monoisotopic (exact) mass is 476 g/mol. The molecular weight excluding hydrogens is 452 g/mol. The van der Waals surface area contributed by atoms with Crippen molar-refractivity contribution in [3.63, 3.8) is 0 Å². The smallest absolute Gasteiger partial charge is 0.216 e. The summed E-state index contributed by atoms with van der Waals surface area (Å²) in [6.07, 6.45) is 6.28. The second kappa shape index (κ2) is 7.89. The largest absolute Gasteiger partial charge is 0.493 e. The maximum atomic E-state index is 13.7. The van der Waals surface area contributed by atoms with E-state index in [0.29, 0.717) is 36.0 Å². The van der Waals surface area contributed by atoms with E-state index < -0.39 is 0 Å². The summed E-state index contributed by atoms with van der Waals surface area (Å²) < 4.78 is 13.4. The average molecular weight is 477 g/mol. The van der Waals surface area contributed by atoms with Crippen molar-refractivity contribution >= 4 is 28.3 Å². The van der Waals surface area contributed by atoms with Gasteiger partial charge in [0.05, 0.1) is 31.4 Å². The summed E-state index contributed by atoms with van der Waals surface area (Å²) in [6.45, 7) is 1.02. The molecular formula is C26H25ClN4O3. The van der Waals surface area contributed by atoms with Crippen LogP contribution in [-0.2, 0) is 13.0 Å². The van der Waals surface area contributed by atoms with E-state index in [1.165, 1.54) is 0 Å². The molecule has 1 saturated carbocycles. The first-order valence-electron chi connectivity index (χ1n) is 11.4. The van der Waals surface area contributed by atoms with Gasteiger partial charge in [-0.2, -0.15) is 5.10 Å². The lowest BCUT2D eigenvalue weighted by Gasteiger charge is -2.24. The fourth-order valence-electron chi connectivity index (χ4n) is 4.83. The highest BCUT2D eigenvalue weighted by atomic mass is 35.5. The molecule has 0 saturated heterocycles. The maximum absolute atomic E-state index is 13.7. The van der Waals surface area contributed by atoms with Crippen molar-refractivity contribution in [2.24, 2.45) is 11.7 Å². The topological polar surface area (TPSA) is 95.2 Å². The van der Waals surface area contributed by atoms with E-state index in [4.69, 9.17) is 26.8 Å². The maximum Gasteiger partial charge on any atom is 0.216 e. The number of nitrogens with one attached hydrogen (secondary N) is 1. The minimum atomic E-state index is -0.272. The van der Waals surface area contributed by atoms with E-state index >= 15 is 0 Å². The Morgan fingerprint density at radius 2 is 2.18 bits per heavy atom. The van der Waals surface area contributed by atoms with E-state index in [-0.39, 0.29) is 17.2 Å². The predicted molar refractivity (Wildman–Crippen MR) is 131 cm³/mol. The molecule has 0 spiro atoms. The minimum absolute atomic E-state index is 0.0740. The van der Waals surface area contributed by atoms with Crippen LogP contribution in [0, 0.1) is 5.92 Å². The van der Waals surface area contributed by atoms with E-state index in [1.54, 1.807) is 13.3 Å². The summed E-state index contributed by atoms with van der Waals surface area (Å²) in [6, 6.07) is 11.6. The van der Waals surface area contributed by atoms with E-state index in [1.807, 2.05) is 36.5 Å². The standard InChI is InChI=1S/C26H25ClN4O3/c1-33-25-20(11-29-30-25)15-2-4-19-21(12-31(22(19)10-15)14-26(28)6-7-26)24(32)17-8-16-9-18(27)3-5-23(16)34-13-17/h2-5,9-12,17H,6-8,13-14,28H2,1H3,(H,29,30). The molecule has 34 heavy (non-hydrogen) atoms. The molecule has 3 N–H and O–H groups in total. The number of aromatic amines is 1. The Kier molecular flexibility index (Phi) is 4.93. The Bertz CT molecular complexity index is 1420. The number of fused-ring (bicyclic) bond motifs is 2. The zero-order chi connectivity index (χ0) is 23.4. The SMILES string of the molecule is COc1[nH]ncc1-c1ccc2c(C(=O)C3COc4ccc(Cl)cc4C3)cn(CC3(N)CC3)c2c1. The Hall–Kier alpha value is -3.29. The number of aromatic nitrogens is 3. The van der Waals surface area contributed by atoms with Crippen molar-refractivity contribution in [1.29, 1.82) is 0 Å². The fourth-order valence-corrected chi connectivity index (χ4v) is 5.03. The number of H-pyrrole nitrogens is 1. The number of hydrogen-bond acceptors (Lipinski definition) is 5. The van der Waals surface area contributed by atoms with Gasteiger partial charge in [0.2, 0.25) is 5.88 Å². The number of ketones is 1. The molecule has 6 rings (SSSR count). The lowest BCUT2D eigenvalue weighted by Crippen LogP contribution is -2.29. The number of methoxy groups -OCH3 is 1. The van der Waals surface area contributed by atoms with Gasteiger partial charge in [-0.05, 0) is 54.7 Å². The van der Waals surface area contributed by atoms with Gasteiger partial charge in [-0.1, -0.05) is 23.7 Å². The lowest BCUT2D eigenvalue weighted by molar-refractivity contribution is 0.0856. The van der Waals surface area contributed by atoms with Crippen molar-refractivity contribution in [1.82, 2.24) is 14.8 Å². The molecule has 4 aromatic rings. The molecule has 2 aliphatic rings. The third-order valence-electron chi connectivity index (χ3n) is 6.94. The first-order valence-corrected chi connectivity index (χ1v) is 11.8. The Morgan fingerprint density at radius 1 is 1.32 bits per heavy atom. The quantitative estimate of drug-likeness (QED) is 0.396. The van der Waals surface area contributed by atoms with Gasteiger partial charge in [0.1, 0.15) is 5.75 Å². The second-order valence-electron chi connectivity index (χ2n) is 9.41. The summed E-state index contributed by atoms with van der Waals surface area (Å²) >= 11 is 6.18. The van der Waals surface area contributed by atoms with Gasteiger partial charge in [0.25, 0.3) is 0 Å². The molecule has 2 aromatic carbocycles. The van der Waals surface area contributed by atoms with Crippen LogP contribution in [0.5, 0.6) is 11.6 Å². The Labute approximate surface area is 201 Å². The summed E-state index contributed by atoms with van der Waals surface area (Å²) in [5, 5.41) is 8.53. The zero-order valence-electron chi connectivity index (χ0n) is 18.8. The van der Waals surface area contributed by atoms with Gasteiger partial charge < -0.3 is 19.8 Å². The molecule has 0 amide bonds. The lowest BCUT2D eigenvalue weighted by atomic mass is 9.89. The third-order valence-corrected chi connectivity index (χ3v) is 7.18. The van der Waals surface area contributed by atoms with Crippen LogP contribution in [0.2, 0.25) is 5.02 Å². The van der Waals surface area contributed by atoms with Gasteiger partial charge in [0, 0.05) is 39.8 Å². The van der Waals surface area contributed by atoms with E-state index in [9.17, 15) is 4.79 Å². The van der Waals surface area contributed by atoms with Crippen molar-refractivity contribution in [2.45, 2.75) is 31.3 Å². The number of carbonyl (C=O) groups is 1. The fraction of sp³-hybridized carbons (Fsp3) is 0.308. The summed E-state index contributed by atoms with van der Waals surface area (Å²) in [7, 11) is 1.61. The second-order valence-corrected chi connectivity index (χ2v) is 9.85. The van der Waals surface area contributed by atoms with Crippen molar-refractivity contribution in [2.75, 3.05) is 13.7 Å². The van der Waals surface area contributed by atoms with Crippen LogP contribution < -0.4 is 15.2 Å². The number of Topliss-reactive ketones (excluding diaryl/α,β-unsaturated/α-hetero) is 1. The molecule has 0 bridgehead atoms. The van der Waals surface area contributed by atoms with Gasteiger partial charge in [-0.15, -0.1) is 0 Å². The summed E-state index contributed by atoms with van der Waals surface area (Å²) in [4.78, 5) is 13.7. The molecule has 1 fully saturated rings.